The third-order valence-corrected chi connectivity index (χ3v) is 4.58. The lowest BCUT2D eigenvalue weighted by atomic mass is 10.2. The molecule has 2 aromatic rings. The minimum Gasteiger partial charge on any atom is -0.393 e. The SMILES string of the molecule is Cc1c(C2CC2)nn(-c2ccccc2)c1NC(=O)N(C)CC[C@H](C)O. The van der Waals surface area contributed by atoms with Gasteiger partial charge in [-0.1, -0.05) is 18.2 Å². The largest absolute Gasteiger partial charge is 0.393 e. The van der Waals surface area contributed by atoms with Crippen LogP contribution >= 0.6 is 0 Å². The molecule has 1 heterocycles. The summed E-state index contributed by atoms with van der Waals surface area (Å²) in [6.07, 6.45) is 2.45. The summed E-state index contributed by atoms with van der Waals surface area (Å²) in [5, 5.41) is 17.2. The fraction of sp³-hybridized carbons (Fsp3) is 0.474. The molecule has 134 valence electrons. The van der Waals surface area contributed by atoms with Gasteiger partial charge >= 0.3 is 6.03 Å². The van der Waals surface area contributed by atoms with E-state index in [-0.39, 0.29) is 6.03 Å². The van der Waals surface area contributed by atoms with Crippen molar-refractivity contribution in [2.75, 3.05) is 18.9 Å². The number of nitrogens with one attached hydrogen (secondary N) is 1. The van der Waals surface area contributed by atoms with Gasteiger partial charge in [0.2, 0.25) is 0 Å². The molecule has 1 aliphatic carbocycles. The van der Waals surface area contributed by atoms with Crippen molar-refractivity contribution in [1.29, 1.82) is 0 Å². The number of aliphatic hydroxyl groups excluding tert-OH is 1. The number of nitrogens with zero attached hydrogens (tertiary/aromatic N) is 3. The maximum Gasteiger partial charge on any atom is 0.322 e. The topological polar surface area (TPSA) is 70.4 Å². The molecule has 1 aliphatic rings. The van der Waals surface area contributed by atoms with Crippen LogP contribution in [0.15, 0.2) is 30.3 Å². The third kappa shape index (κ3) is 4.02. The standard InChI is InChI=1S/C19H26N4O2/c1-13(24)11-12-22(3)19(25)20-18-14(2)17(15-9-10-15)21-23(18)16-7-5-4-6-8-16/h4-8,13,15,24H,9-12H2,1-3H3,(H,20,25)/t13-/m0/s1. The maximum atomic E-state index is 12.5. The van der Waals surface area contributed by atoms with Gasteiger partial charge in [-0.2, -0.15) is 5.10 Å². The molecule has 1 atom stereocenters. The minimum absolute atomic E-state index is 0.192. The first-order valence-corrected chi connectivity index (χ1v) is 8.82. The van der Waals surface area contributed by atoms with Gasteiger partial charge < -0.3 is 10.0 Å². The maximum absolute atomic E-state index is 12.5. The zero-order valence-electron chi connectivity index (χ0n) is 15.1. The number of para-hydroxylation sites is 1. The number of carbonyl (C=O) groups is 1. The zero-order valence-corrected chi connectivity index (χ0v) is 15.1. The summed E-state index contributed by atoms with van der Waals surface area (Å²) in [6.45, 7) is 4.24. The Morgan fingerprint density at radius 1 is 1.40 bits per heavy atom. The van der Waals surface area contributed by atoms with Crippen molar-refractivity contribution >= 4 is 11.8 Å². The van der Waals surface area contributed by atoms with Crippen LogP contribution in [0, 0.1) is 6.92 Å². The highest BCUT2D eigenvalue weighted by molar-refractivity contribution is 5.89. The number of amides is 2. The molecular formula is C19H26N4O2. The van der Waals surface area contributed by atoms with E-state index in [9.17, 15) is 9.90 Å². The minimum atomic E-state index is -0.423. The Morgan fingerprint density at radius 3 is 2.68 bits per heavy atom. The summed E-state index contributed by atoms with van der Waals surface area (Å²) < 4.78 is 1.82. The third-order valence-electron chi connectivity index (χ3n) is 4.58. The predicted octanol–water partition coefficient (Wildman–Crippen LogP) is 3.29. The molecule has 3 rings (SSSR count). The Labute approximate surface area is 148 Å². The lowest BCUT2D eigenvalue weighted by molar-refractivity contribution is 0.167. The van der Waals surface area contributed by atoms with Gasteiger partial charge in [-0.15, -0.1) is 0 Å². The van der Waals surface area contributed by atoms with Crippen molar-refractivity contribution in [3.8, 4) is 5.69 Å². The smallest absolute Gasteiger partial charge is 0.322 e. The summed E-state index contributed by atoms with van der Waals surface area (Å²) in [7, 11) is 1.73. The van der Waals surface area contributed by atoms with E-state index in [4.69, 9.17) is 5.10 Å². The van der Waals surface area contributed by atoms with Crippen molar-refractivity contribution in [2.45, 2.75) is 45.1 Å². The molecule has 0 spiro atoms. The first-order chi connectivity index (χ1) is 12.0. The first kappa shape index (κ1) is 17.5. The average molecular weight is 342 g/mol. The molecule has 1 aromatic heterocycles. The number of aromatic nitrogens is 2. The van der Waals surface area contributed by atoms with E-state index in [2.05, 4.69) is 5.32 Å². The molecule has 0 saturated heterocycles. The molecule has 2 N–H and O–H groups in total. The highest BCUT2D eigenvalue weighted by Gasteiger charge is 2.31. The fourth-order valence-corrected chi connectivity index (χ4v) is 2.84. The van der Waals surface area contributed by atoms with Crippen molar-refractivity contribution in [1.82, 2.24) is 14.7 Å². The van der Waals surface area contributed by atoms with Crippen molar-refractivity contribution < 1.29 is 9.90 Å². The lowest BCUT2D eigenvalue weighted by Gasteiger charge is -2.19. The molecule has 6 heteroatoms. The number of benzene rings is 1. The molecular weight excluding hydrogens is 316 g/mol. The van der Waals surface area contributed by atoms with Crippen LogP contribution in [0.4, 0.5) is 10.6 Å². The van der Waals surface area contributed by atoms with Crippen LogP contribution in [0.3, 0.4) is 0 Å². The van der Waals surface area contributed by atoms with Crippen LogP contribution in [0.25, 0.3) is 5.69 Å². The van der Waals surface area contributed by atoms with Gasteiger partial charge in [-0.3, -0.25) is 5.32 Å². The van der Waals surface area contributed by atoms with Crippen molar-refractivity contribution in [3.63, 3.8) is 0 Å². The molecule has 25 heavy (non-hydrogen) atoms. The van der Waals surface area contributed by atoms with Gasteiger partial charge in [-0.05, 0) is 45.2 Å². The summed E-state index contributed by atoms with van der Waals surface area (Å²) in [4.78, 5) is 14.1. The number of carbonyl (C=O) groups excluding carboxylic acids is 1. The summed E-state index contributed by atoms with van der Waals surface area (Å²) >= 11 is 0. The highest BCUT2D eigenvalue weighted by Crippen LogP contribution is 2.42. The Hall–Kier alpha value is -2.34. The second-order valence-electron chi connectivity index (χ2n) is 6.87. The number of hydrogen-bond acceptors (Lipinski definition) is 3. The fourth-order valence-electron chi connectivity index (χ4n) is 2.84. The Kier molecular flexibility index (Phi) is 5.08. The quantitative estimate of drug-likeness (QED) is 0.846. The average Bonchev–Trinajstić information content (AvgIpc) is 3.39. The van der Waals surface area contributed by atoms with Gasteiger partial charge in [0.25, 0.3) is 0 Å². The zero-order chi connectivity index (χ0) is 18.0. The van der Waals surface area contributed by atoms with Crippen LogP contribution < -0.4 is 5.32 Å². The van der Waals surface area contributed by atoms with E-state index in [1.54, 1.807) is 18.9 Å². The van der Waals surface area contributed by atoms with Crippen LogP contribution in [0.5, 0.6) is 0 Å². The van der Waals surface area contributed by atoms with Crippen LogP contribution in [-0.2, 0) is 0 Å². The molecule has 0 bridgehead atoms. The van der Waals surface area contributed by atoms with Crippen molar-refractivity contribution in [3.05, 3.63) is 41.6 Å². The molecule has 2 amide bonds. The Morgan fingerprint density at radius 2 is 2.08 bits per heavy atom. The molecule has 1 aromatic carbocycles. The second kappa shape index (κ2) is 7.27. The molecule has 6 nitrogen and oxygen atoms in total. The van der Waals surface area contributed by atoms with Crippen LogP contribution in [-0.4, -0.2) is 45.5 Å². The van der Waals surface area contributed by atoms with Gasteiger partial charge in [0, 0.05) is 25.1 Å². The number of aliphatic hydroxyl groups is 1. The van der Waals surface area contributed by atoms with Gasteiger partial charge in [0.1, 0.15) is 5.82 Å². The highest BCUT2D eigenvalue weighted by atomic mass is 16.3. The van der Waals surface area contributed by atoms with E-state index < -0.39 is 6.10 Å². The summed E-state index contributed by atoms with van der Waals surface area (Å²) in [5.74, 6) is 1.23. The van der Waals surface area contributed by atoms with Crippen molar-refractivity contribution in [2.24, 2.45) is 0 Å². The molecule has 1 saturated carbocycles. The lowest BCUT2D eigenvalue weighted by Crippen LogP contribution is -2.34. The van der Waals surface area contributed by atoms with E-state index >= 15 is 0 Å². The van der Waals surface area contributed by atoms with E-state index in [0.29, 0.717) is 18.9 Å². The molecule has 0 unspecified atom stereocenters. The molecule has 0 radical (unpaired) electrons. The predicted molar refractivity (Wildman–Crippen MR) is 98.2 cm³/mol. The van der Waals surface area contributed by atoms with Crippen LogP contribution in [0.2, 0.25) is 0 Å². The van der Waals surface area contributed by atoms with Crippen LogP contribution in [0.1, 0.15) is 43.4 Å². The van der Waals surface area contributed by atoms with E-state index in [1.165, 1.54) is 0 Å². The van der Waals surface area contributed by atoms with Gasteiger partial charge in [-0.25, -0.2) is 9.48 Å². The number of rotatable bonds is 6. The number of anilines is 1. The monoisotopic (exact) mass is 342 g/mol. The van der Waals surface area contributed by atoms with Gasteiger partial charge in [0.05, 0.1) is 17.5 Å². The number of hydrogen-bond donors (Lipinski definition) is 2. The molecule has 1 fully saturated rings. The van der Waals surface area contributed by atoms with Gasteiger partial charge in [0.15, 0.2) is 0 Å². The summed E-state index contributed by atoms with van der Waals surface area (Å²) in [6, 6.07) is 9.66. The van der Waals surface area contributed by atoms with E-state index in [1.807, 2.05) is 41.9 Å². The Bertz CT molecular complexity index is 735. The number of urea groups is 1. The summed E-state index contributed by atoms with van der Waals surface area (Å²) in [5.41, 5.74) is 3.04. The first-order valence-electron chi connectivity index (χ1n) is 8.82. The normalized spacial score (nSPS) is 15.0. The second-order valence-corrected chi connectivity index (χ2v) is 6.87. The molecule has 0 aliphatic heterocycles. The van der Waals surface area contributed by atoms with E-state index in [0.717, 1.165) is 35.6 Å². The Balaban J connectivity index is 1.85.